The molecule has 0 heterocycles. The second-order valence-electron chi connectivity index (χ2n) is 7.02. The molecule has 4 nitrogen and oxygen atoms in total. The summed E-state index contributed by atoms with van der Waals surface area (Å²) in [7, 11) is 0. The molecule has 0 aromatic heterocycles. The molecule has 1 aliphatic carbocycles. The predicted molar refractivity (Wildman–Crippen MR) is 95.7 cm³/mol. The van der Waals surface area contributed by atoms with Gasteiger partial charge >= 0.3 is 11.9 Å². The molecule has 0 aliphatic heterocycles. The van der Waals surface area contributed by atoms with Crippen LogP contribution >= 0.6 is 0 Å². The van der Waals surface area contributed by atoms with Crippen molar-refractivity contribution in [2.45, 2.75) is 90.9 Å². The van der Waals surface area contributed by atoms with Crippen molar-refractivity contribution >= 4 is 11.9 Å². The third-order valence-corrected chi connectivity index (χ3v) is 4.83. The second kappa shape index (κ2) is 13.3. The van der Waals surface area contributed by atoms with Gasteiger partial charge in [0.15, 0.2) is 0 Å². The highest BCUT2D eigenvalue weighted by Gasteiger charge is 2.32. The Labute approximate surface area is 147 Å². The van der Waals surface area contributed by atoms with E-state index in [1.54, 1.807) is 0 Å². The largest absolute Gasteiger partial charge is 0.465 e. The molecular weight excluding hydrogens is 304 g/mol. The first-order chi connectivity index (χ1) is 11.7. The lowest BCUT2D eigenvalue weighted by Crippen LogP contribution is -2.30. The summed E-state index contributed by atoms with van der Waals surface area (Å²) in [6.07, 6.45) is 12.0. The van der Waals surface area contributed by atoms with Crippen LogP contribution in [0.15, 0.2) is 0 Å². The van der Waals surface area contributed by atoms with Crippen LogP contribution in [0.5, 0.6) is 0 Å². The minimum atomic E-state index is -0.123. The van der Waals surface area contributed by atoms with E-state index in [9.17, 15) is 9.59 Å². The van der Waals surface area contributed by atoms with E-state index in [-0.39, 0.29) is 23.8 Å². The fourth-order valence-corrected chi connectivity index (χ4v) is 3.26. The van der Waals surface area contributed by atoms with Gasteiger partial charge in [0, 0.05) is 0 Å². The molecule has 0 aromatic carbocycles. The maximum absolute atomic E-state index is 12.2. The minimum absolute atomic E-state index is 0.119. The zero-order valence-corrected chi connectivity index (χ0v) is 15.7. The zero-order chi connectivity index (χ0) is 17.6. The van der Waals surface area contributed by atoms with Crippen LogP contribution in [0.25, 0.3) is 0 Å². The summed E-state index contributed by atoms with van der Waals surface area (Å²) in [4.78, 5) is 24.3. The lowest BCUT2D eigenvalue weighted by Gasteiger charge is -2.26. The molecule has 24 heavy (non-hydrogen) atoms. The third kappa shape index (κ3) is 8.70. The minimum Gasteiger partial charge on any atom is -0.465 e. The lowest BCUT2D eigenvalue weighted by molar-refractivity contribution is -0.155. The molecule has 0 radical (unpaired) electrons. The van der Waals surface area contributed by atoms with Gasteiger partial charge in [-0.1, -0.05) is 58.8 Å². The Kier molecular flexibility index (Phi) is 11.6. The van der Waals surface area contributed by atoms with Crippen molar-refractivity contribution in [3.63, 3.8) is 0 Å². The fraction of sp³-hybridized carbons (Fsp3) is 0.900. The first-order valence-corrected chi connectivity index (χ1v) is 10.0. The molecule has 0 N–H and O–H groups in total. The number of esters is 2. The van der Waals surface area contributed by atoms with E-state index in [0.717, 1.165) is 44.9 Å². The van der Waals surface area contributed by atoms with Crippen molar-refractivity contribution in [2.75, 3.05) is 13.2 Å². The first kappa shape index (κ1) is 21.0. The van der Waals surface area contributed by atoms with E-state index < -0.39 is 0 Å². The van der Waals surface area contributed by atoms with Gasteiger partial charge in [0.1, 0.15) is 0 Å². The number of hydrogen-bond donors (Lipinski definition) is 0. The summed E-state index contributed by atoms with van der Waals surface area (Å²) in [5.74, 6) is -0.482. The van der Waals surface area contributed by atoms with E-state index in [4.69, 9.17) is 9.47 Å². The summed E-state index contributed by atoms with van der Waals surface area (Å²) in [6, 6.07) is 0. The summed E-state index contributed by atoms with van der Waals surface area (Å²) in [6.45, 7) is 5.36. The number of carbonyl (C=O) groups is 2. The molecule has 1 saturated carbocycles. The molecule has 1 fully saturated rings. The van der Waals surface area contributed by atoms with Gasteiger partial charge in [0.05, 0.1) is 25.0 Å². The molecule has 0 amide bonds. The van der Waals surface area contributed by atoms with Crippen LogP contribution in [0.2, 0.25) is 0 Å². The van der Waals surface area contributed by atoms with Gasteiger partial charge < -0.3 is 9.47 Å². The van der Waals surface area contributed by atoms with Crippen LogP contribution < -0.4 is 0 Å². The summed E-state index contributed by atoms with van der Waals surface area (Å²) in [5.41, 5.74) is 0. The Morgan fingerprint density at radius 1 is 0.750 bits per heavy atom. The molecule has 2 unspecified atom stereocenters. The van der Waals surface area contributed by atoms with Crippen LogP contribution in [-0.4, -0.2) is 25.2 Å². The highest BCUT2D eigenvalue weighted by Crippen LogP contribution is 2.31. The van der Waals surface area contributed by atoms with Gasteiger partial charge in [-0.05, 0) is 32.1 Å². The Balaban J connectivity index is 2.22. The SMILES string of the molecule is CCCCCCOC(=O)C1CCCC(C(=O)OCCCCCC)C1. The number of unbranched alkanes of at least 4 members (excludes halogenated alkanes) is 6. The third-order valence-electron chi connectivity index (χ3n) is 4.83. The molecule has 1 aliphatic rings. The fourth-order valence-electron chi connectivity index (χ4n) is 3.26. The average Bonchev–Trinajstić information content (AvgIpc) is 2.61. The van der Waals surface area contributed by atoms with E-state index in [2.05, 4.69) is 13.8 Å². The van der Waals surface area contributed by atoms with Crippen LogP contribution in [-0.2, 0) is 19.1 Å². The van der Waals surface area contributed by atoms with E-state index in [0.29, 0.717) is 19.6 Å². The molecule has 0 bridgehead atoms. The quantitative estimate of drug-likeness (QED) is 0.369. The Morgan fingerprint density at radius 2 is 1.21 bits per heavy atom. The van der Waals surface area contributed by atoms with Crippen molar-refractivity contribution in [1.29, 1.82) is 0 Å². The van der Waals surface area contributed by atoms with Crippen LogP contribution in [0.3, 0.4) is 0 Å². The van der Waals surface area contributed by atoms with Crippen molar-refractivity contribution < 1.29 is 19.1 Å². The Hall–Kier alpha value is -1.06. The first-order valence-electron chi connectivity index (χ1n) is 10.0. The van der Waals surface area contributed by atoms with Crippen molar-refractivity contribution in [3.8, 4) is 0 Å². The topological polar surface area (TPSA) is 52.6 Å². The highest BCUT2D eigenvalue weighted by atomic mass is 16.5. The zero-order valence-electron chi connectivity index (χ0n) is 15.7. The van der Waals surface area contributed by atoms with Crippen LogP contribution in [0, 0.1) is 11.8 Å². The van der Waals surface area contributed by atoms with Crippen molar-refractivity contribution in [2.24, 2.45) is 11.8 Å². The van der Waals surface area contributed by atoms with Gasteiger partial charge in [0.2, 0.25) is 0 Å². The normalized spacial score (nSPS) is 20.6. The number of ether oxygens (including phenoxy) is 2. The van der Waals surface area contributed by atoms with Crippen molar-refractivity contribution in [1.82, 2.24) is 0 Å². The van der Waals surface area contributed by atoms with Gasteiger partial charge in [-0.15, -0.1) is 0 Å². The standard InChI is InChI=1S/C20H36O4/c1-3-5-7-9-14-23-19(21)17-12-11-13-18(16-17)20(22)24-15-10-8-6-4-2/h17-18H,3-16H2,1-2H3. The maximum atomic E-state index is 12.2. The number of rotatable bonds is 12. The van der Waals surface area contributed by atoms with Gasteiger partial charge in [-0.3, -0.25) is 9.59 Å². The van der Waals surface area contributed by atoms with E-state index in [1.807, 2.05) is 0 Å². The number of carbonyl (C=O) groups excluding carboxylic acids is 2. The molecule has 4 heteroatoms. The highest BCUT2D eigenvalue weighted by molar-refractivity contribution is 5.76. The second-order valence-corrected chi connectivity index (χ2v) is 7.02. The van der Waals surface area contributed by atoms with Gasteiger partial charge in [0.25, 0.3) is 0 Å². The summed E-state index contributed by atoms with van der Waals surface area (Å²) < 4.78 is 10.8. The predicted octanol–water partition coefficient (Wildman–Crippen LogP) is 5.04. The summed E-state index contributed by atoms with van der Waals surface area (Å²) >= 11 is 0. The average molecular weight is 341 g/mol. The molecule has 1 rings (SSSR count). The van der Waals surface area contributed by atoms with Crippen LogP contribution in [0.4, 0.5) is 0 Å². The van der Waals surface area contributed by atoms with E-state index in [1.165, 1.54) is 25.7 Å². The Morgan fingerprint density at radius 3 is 1.62 bits per heavy atom. The lowest BCUT2D eigenvalue weighted by atomic mass is 9.81. The number of hydrogen-bond acceptors (Lipinski definition) is 4. The monoisotopic (exact) mass is 340 g/mol. The molecular formula is C20H36O4. The van der Waals surface area contributed by atoms with Crippen LogP contribution in [0.1, 0.15) is 90.9 Å². The van der Waals surface area contributed by atoms with Gasteiger partial charge in [-0.2, -0.15) is 0 Å². The molecule has 0 saturated heterocycles. The molecule has 2 atom stereocenters. The molecule has 0 aromatic rings. The Bertz CT molecular complexity index is 322. The summed E-state index contributed by atoms with van der Waals surface area (Å²) in [5, 5.41) is 0. The van der Waals surface area contributed by atoms with Crippen molar-refractivity contribution in [3.05, 3.63) is 0 Å². The smallest absolute Gasteiger partial charge is 0.308 e. The maximum Gasteiger partial charge on any atom is 0.308 e. The van der Waals surface area contributed by atoms with E-state index >= 15 is 0 Å². The molecule has 140 valence electrons. The molecule has 0 spiro atoms. The van der Waals surface area contributed by atoms with Gasteiger partial charge in [-0.25, -0.2) is 0 Å².